The van der Waals surface area contributed by atoms with E-state index in [1.165, 1.54) is 0 Å². The van der Waals surface area contributed by atoms with Crippen molar-refractivity contribution in [2.24, 2.45) is 8.73 Å². The molecule has 4 nitrogen and oxygen atoms in total. The SMILES string of the molecule is Clc1cc(Cl)c(Nc2ccncc2Br)c2c1N=S=N2. The van der Waals surface area contributed by atoms with Gasteiger partial charge < -0.3 is 5.32 Å². The Morgan fingerprint density at radius 3 is 2.74 bits per heavy atom. The van der Waals surface area contributed by atoms with Crippen LogP contribution in [0.1, 0.15) is 0 Å². The fraction of sp³-hybridized carbons (Fsp3) is 0. The van der Waals surface area contributed by atoms with Crippen LogP contribution in [-0.4, -0.2) is 4.98 Å². The van der Waals surface area contributed by atoms with E-state index in [1.54, 1.807) is 18.5 Å². The maximum atomic E-state index is 6.23. The van der Waals surface area contributed by atoms with E-state index < -0.39 is 0 Å². The monoisotopic (exact) mass is 374 g/mol. The molecule has 8 heteroatoms. The molecule has 0 radical (unpaired) electrons. The largest absolute Gasteiger partial charge is 0.351 e. The Balaban J connectivity index is 2.10. The van der Waals surface area contributed by atoms with Gasteiger partial charge in [-0.25, -0.2) is 0 Å². The summed E-state index contributed by atoms with van der Waals surface area (Å²) in [7, 11) is 0. The van der Waals surface area contributed by atoms with Crippen LogP contribution in [0.25, 0.3) is 0 Å². The van der Waals surface area contributed by atoms with Crippen molar-refractivity contribution in [2.45, 2.75) is 0 Å². The molecule has 1 N–H and O–H groups in total. The first kappa shape index (κ1) is 13.1. The quantitative estimate of drug-likeness (QED) is 0.631. The van der Waals surface area contributed by atoms with Gasteiger partial charge in [0.1, 0.15) is 11.4 Å². The van der Waals surface area contributed by atoms with Crippen LogP contribution in [-0.2, 0) is 11.4 Å². The molecule has 0 saturated heterocycles. The van der Waals surface area contributed by atoms with Crippen LogP contribution in [0.4, 0.5) is 22.7 Å². The van der Waals surface area contributed by atoms with E-state index in [1.807, 2.05) is 6.07 Å². The molecule has 0 spiro atoms. The zero-order valence-corrected chi connectivity index (χ0v) is 13.1. The molecule has 1 aliphatic rings. The normalized spacial score (nSPS) is 12.2. The van der Waals surface area contributed by atoms with Crippen LogP contribution in [0.15, 0.2) is 37.7 Å². The summed E-state index contributed by atoms with van der Waals surface area (Å²) >= 11 is 16.8. The van der Waals surface area contributed by atoms with Gasteiger partial charge in [0.25, 0.3) is 0 Å². The van der Waals surface area contributed by atoms with Crippen LogP contribution in [0.3, 0.4) is 0 Å². The molecule has 96 valence electrons. The molecule has 3 rings (SSSR count). The molecule has 1 aliphatic heterocycles. The Labute approximate surface area is 131 Å². The van der Waals surface area contributed by atoms with Gasteiger partial charge in [0.15, 0.2) is 0 Å². The Morgan fingerprint density at radius 1 is 1.16 bits per heavy atom. The molecule has 0 aliphatic carbocycles. The van der Waals surface area contributed by atoms with Gasteiger partial charge in [-0.1, -0.05) is 23.2 Å². The summed E-state index contributed by atoms with van der Waals surface area (Å²) in [5.74, 6) is 0. The number of nitrogens with zero attached hydrogens (tertiary/aromatic N) is 3. The number of hydrogen-bond acceptors (Lipinski definition) is 4. The standard InChI is InChI=1S/C11H5BrCl2N4S/c12-5-4-15-2-1-8(5)16-9-6(13)3-7(14)10-11(9)18-19-17-10/h1-4H,(H,15,16). The number of rotatable bonds is 2. The Hall–Kier alpha value is -0.950. The molecular weight excluding hydrogens is 371 g/mol. The topological polar surface area (TPSA) is 49.6 Å². The van der Waals surface area contributed by atoms with Gasteiger partial charge in [0, 0.05) is 12.4 Å². The summed E-state index contributed by atoms with van der Waals surface area (Å²) in [6, 6.07) is 3.49. The minimum Gasteiger partial charge on any atom is -0.351 e. The van der Waals surface area contributed by atoms with Crippen molar-refractivity contribution < 1.29 is 0 Å². The lowest BCUT2D eigenvalue weighted by Crippen LogP contribution is -1.93. The summed E-state index contributed by atoms with van der Waals surface area (Å²) in [5, 5.41) is 4.21. The van der Waals surface area contributed by atoms with Crippen LogP contribution < -0.4 is 5.32 Å². The third-order valence-electron chi connectivity index (χ3n) is 2.48. The number of benzene rings is 1. The van der Waals surface area contributed by atoms with E-state index in [0.717, 1.165) is 21.5 Å². The fourth-order valence-electron chi connectivity index (χ4n) is 1.60. The molecule has 0 saturated carbocycles. The maximum absolute atomic E-state index is 6.23. The molecular formula is C11H5BrCl2N4S. The zero-order valence-electron chi connectivity index (χ0n) is 9.19. The molecule has 0 unspecified atom stereocenters. The second-order valence-electron chi connectivity index (χ2n) is 3.66. The molecule has 0 atom stereocenters. The Morgan fingerprint density at radius 2 is 1.95 bits per heavy atom. The van der Waals surface area contributed by atoms with Crippen molar-refractivity contribution in [3.05, 3.63) is 39.0 Å². The smallest absolute Gasteiger partial charge is 0.131 e. The summed E-state index contributed by atoms with van der Waals surface area (Å²) < 4.78 is 9.23. The Kier molecular flexibility index (Phi) is 3.58. The van der Waals surface area contributed by atoms with Crippen molar-refractivity contribution in [2.75, 3.05) is 5.32 Å². The van der Waals surface area contributed by atoms with Gasteiger partial charge in [-0.15, -0.1) is 0 Å². The number of aromatic nitrogens is 1. The number of fused-ring (bicyclic) bond motifs is 1. The summed E-state index contributed by atoms with van der Waals surface area (Å²) in [5.41, 5.74) is 2.82. The van der Waals surface area contributed by atoms with E-state index in [0.29, 0.717) is 27.1 Å². The predicted octanol–water partition coefficient (Wildman–Crippen LogP) is 5.62. The van der Waals surface area contributed by atoms with Crippen LogP contribution in [0.2, 0.25) is 10.0 Å². The first-order valence-corrected chi connectivity index (χ1v) is 7.41. The number of anilines is 2. The Bertz CT molecular complexity index is 744. The predicted molar refractivity (Wildman–Crippen MR) is 83.2 cm³/mol. The highest BCUT2D eigenvalue weighted by Gasteiger charge is 2.19. The molecule has 1 aromatic heterocycles. The second-order valence-corrected chi connectivity index (χ2v) is 5.85. The van der Waals surface area contributed by atoms with E-state index >= 15 is 0 Å². The van der Waals surface area contributed by atoms with Gasteiger partial charge >= 0.3 is 0 Å². The lowest BCUT2D eigenvalue weighted by molar-refractivity contribution is 1.30. The van der Waals surface area contributed by atoms with Crippen molar-refractivity contribution in [3.63, 3.8) is 0 Å². The first-order valence-electron chi connectivity index (χ1n) is 5.13. The number of halogens is 3. The van der Waals surface area contributed by atoms with Crippen LogP contribution in [0.5, 0.6) is 0 Å². The molecule has 1 aromatic carbocycles. The summed E-state index contributed by atoms with van der Waals surface area (Å²) in [4.78, 5) is 4.01. The first-order chi connectivity index (χ1) is 9.16. The number of hydrogen-bond donors (Lipinski definition) is 1. The summed E-state index contributed by atoms with van der Waals surface area (Å²) in [6.07, 6.45) is 3.38. The fourth-order valence-corrected chi connectivity index (χ4v) is 3.11. The van der Waals surface area contributed by atoms with Crippen molar-refractivity contribution in [1.29, 1.82) is 0 Å². The van der Waals surface area contributed by atoms with Crippen LogP contribution >= 0.6 is 39.1 Å². The van der Waals surface area contributed by atoms with Crippen molar-refractivity contribution >= 4 is 73.2 Å². The van der Waals surface area contributed by atoms with E-state index in [-0.39, 0.29) is 0 Å². The van der Waals surface area contributed by atoms with E-state index in [4.69, 9.17) is 23.2 Å². The lowest BCUT2D eigenvalue weighted by atomic mass is 10.2. The molecule has 0 amide bonds. The summed E-state index contributed by atoms with van der Waals surface area (Å²) in [6.45, 7) is 0. The zero-order chi connectivity index (χ0) is 13.4. The van der Waals surface area contributed by atoms with E-state index in [9.17, 15) is 0 Å². The molecule has 0 fully saturated rings. The highest BCUT2D eigenvalue weighted by atomic mass is 79.9. The average molecular weight is 376 g/mol. The lowest BCUT2D eigenvalue weighted by Gasteiger charge is -2.12. The third kappa shape index (κ3) is 2.41. The highest BCUT2D eigenvalue weighted by Crippen LogP contribution is 2.48. The maximum Gasteiger partial charge on any atom is 0.131 e. The van der Waals surface area contributed by atoms with E-state index in [2.05, 4.69) is 35.0 Å². The minimum atomic E-state index is 0.494. The number of nitrogens with one attached hydrogen (secondary N) is 1. The van der Waals surface area contributed by atoms with Gasteiger partial charge in [0.05, 0.1) is 37.2 Å². The molecule has 2 aromatic rings. The molecule has 19 heavy (non-hydrogen) atoms. The van der Waals surface area contributed by atoms with Crippen molar-refractivity contribution in [3.8, 4) is 0 Å². The minimum absolute atomic E-state index is 0.494. The van der Waals surface area contributed by atoms with Crippen LogP contribution in [0, 0.1) is 0 Å². The molecule has 0 bridgehead atoms. The van der Waals surface area contributed by atoms with Crippen molar-refractivity contribution in [1.82, 2.24) is 4.98 Å². The average Bonchev–Trinajstić information content (AvgIpc) is 2.86. The van der Waals surface area contributed by atoms with Gasteiger partial charge in [0.2, 0.25) is 0 Å². The van der Waals surface area contributed by atoms with Gasteiger partial charge in [-0.05, 0) is 28.1 Å². The molecule has 2 heterocycles. The number of pyridine rings is 1. The second kappa shape index (κ2) is 5.20. The van der Waals surface area contributed by atoms with Gasteiger partial charge in [-0.2, -0.15) is 8.73 Å². The highest BCUT2D eigenvalue weighted by molar-refractivity contribution is 9.10. The third-order valence-corrected chi connectivity index (χ3v) is 4.22. The van der Waals surface area contributed by atoms with Gasteiger partial charge in [-0.3, -0.25) is 4.98 Å².